The summed E-state index contributed by atoms with van der Waals surface area (Å²) < 4.78 is 0. The molecule has 0 saturated carbocycles. The molecule has 2 heteroatoms. The third-order valence-corrected chi connectivity index (χ3v) is 1.09. The molecular formula is C7H14N2. The molecule has 0 saturated heterocycles. The van der Waals surface area contributed by atoms with Gasteiger partial charge in [0.15, 0.2) is 0 Å². The first kappa shape index (κ1) is 8.24. The molecule has 0 aromatic carbocycles. The van der Waals surface area contributed by atoms with Crippen molar-refractivity contribution in [1.82, 2.24) is 4.90 Å². The highest BCUT2D eigenvalue weighted by Crippen LogP contribution is 1.89. The Morgan fingerprint density at radius 3 is 2.22 bits per heavy atom. The van der Waals surface area contributed by atoms with Crippen molar-refractivity contribution in [2.75, 3.05) is 13.1 Å². The summed E-state index contributed by atoms with van der Waals surface area (Å²) in [6.07, 6.45) is 4.46. The first-order chi connectivity index (χ1) is 4.35. The Hall–Kier alpha value is -0.760. The maximum Gasteiger partial charge on any atom is 0.0231 e. The zero-order valence-electron chi connectivity index (χ0n) is 5.71. The molecule has 0 aromatic heterocycles. The highest BCUT2D eigenvalue weighted by Gasteiger charge is 1.88. The largest absolute Gasteiger partial charge is 0.355 e. The molecule has 2 N–H and O–H groups in total. The second-order valence-corrected chi connectivity index (χ2v) is 1.75. The molecule has 0 aliphatic carbocycles. The molecule has 0 atom stereocenters. The fraction of sp³-hybridized carbons (Fsp3) is 0.429. The van der Waals surface area contributed by atoms with Crippen molar-refractivity contribution in [3.05, 3.63) is 25.6 Å². The van der Waals surface area contributed by atoms with E-state index in [4.69, 9.17) is 5.73 Å². The van der Waals surface area contributed by atoms with Gasteiger partial charge >= 0.3 is 0 Å². The molecule has 0 spiro atoms. The van der Waals surface area contributed by atoms with Crippen LogP contribution in [-0.2, 0) is 0 Å². The zero-order chi connectivity index (χ0) is 7.11. The average molecular weight is 126 g/mol. The quantitative estimate of drug-likeness (QED) is 0.593. The monoisotopic (exact) mass is 126 g/mol. The number of nitrogens with zero attached hydrogens (tertiary/aromatic N) is 1. The number of rotatable bonds is 5. The van der Waals surface area contributed by atoms with Gasteiger partial charge in [-0.15, -0.1) is 0 Å². The van der Waals surface area contributed by atoms with Gasteiger partial charge in [0.1, 0.15) is 0 Å². The minimum atomic E-state index is 0.720. The lowest BCUT2D eigenvalue weighted by Crippen LogP contribution is -2.14. The minimum Gasteiger partial charge on any atom is -0.355 e. The van der Waals surface area contributed by atoms with E-state index < -0.39 is 0 Å². The maximum absolute atomic E-state index is 5.29. The molecule has 0 bridgehead atoms. The van der Waals surface area contributed by atoms with Crippen LogP contribution in [0.1, 0.15) is 6.42 Å². The predicted octanol–water partition coefficient (Wildman–Crippen LogP) is 0.924. The summed E-state index contributed by atoms with van der Waals surface area (Å²) in [5.74, 6) is 0. The molecule has 0 aliphatic heterocycles. The van der Waals surface area contributed by atoms with Crippen LogP contribution in [-0.4, -0.2) is 18.0 Å². The number of nitrogens with two attached hydrogens (primary N) is 1. The topological polar surface area (TPSA) is 29.3 Å². The van der Waals surface area contributed by atoms with E-state index in [2.05, 4.69) is 13.2 Å². The minimum absolute atomic E-state index is 0.720. The van der Waals surface area contributed by atoms with Crippen LogP contribution < -0.4 is 5.73 Å². The van der Waals surface area contributed by atoms with Crippen LogP contribution in [0, 0.1) is 0 Å². The van der Waals surface area contributed by atoms with E-state index in [1.165, 1.54) is 0 Å². The van der Waals surface area contributed by atoms with Crippen LogP contribution in [0.5, 0.6) is 0 Å². The van der Waals surface area contributed by atoms with E-state index >= 15 is 0 Å². The van der Waals surface area contributed by atoms with Crippen molar-refractivity contribution >= 4 is 0 Å². The number of hydrogen-bond donors (Lipinski definition) is 1. The standard InChI is InChI=1S/C7H14N2/c1-3-9(4-2)7-5-6-8/h3-4H,1-2,5-8H2. The third kappa shape index (κ3) is 3.79. The summed E-state index contributed by atoms with van der Waals surface area (Å²) in [5, 5.41) is 0. The van der Waals surface area contributed by atoms with Gasteiger partial charge < -0.3 is 10.6 Å². The summed E-state index contributed by atoms with van der Waals surface area (Å²) in [4.78, 5) is 1.91. The van der Waals surface area contributed by atoms with Crippen LogP contribution in [0.15, 0.2) is 25.6 Å². The molecule has 0 rings (SSSR count). The van der Waals surface area contributed by atoms with Crippen molar-refractivity contribution < 1.29 is 0 Å². The van der Waals surface area contributed by atoms with Gasteiger partial charge in [-0.2, -0.15) is 0 Å². The molecule has 0 amide bonds. The molecular weight excluding hydrogens is 112 g/mol. The van der Waals surface area contributed by atoms with Gasteiger partial charge in [-0.3, -0.25) is 0 Å². The fourth-order valence-electron chi connectivity index (χ4n) is 0.531. The Bertz CT molecular complexity index is 80.9. The molecule has 0 aliphatic rings. The van der Waals surface area contributed by atoms with Crippen molar-refractivity contribution in [2.45, 2.75) is 6.42 Å². The molecule has 0 heterocycles. The average Bonchev–Trinajstić information content (AvgIpc) is 1.91. The summed E-state index contributed by atoms with van der Waals surface area (Å²) in [5.41, 5.74) is 5.29. The highest BCUT2D eigenvalue weighted by atomic mass is 15.1. The summed E-state index contributed by atoms with van der Waals surface area (Å²) >= 11 is 0. The predicted molar refractivity (Wildman–Crippen MR) is 40.8 cm³/mol. The Morgan fingerprint density at radius 2 is 1.89 bits per heavy atom. The summed E-state index contributed by atoms with van der Waals surface area (Å²) in [7, 11) is 0. The van der Waals surface area contributed by atoms with Crippen LogP contribution >= 0.6 is 0 Å². The second kappa shape index (κ2) is 5.38. The molecule has 52 valence electrons. The van der Waals surface area contributed by atoms with E-state index in [9.17, 15) is 0 Å². The molecule has 2 nitrogen and oxygen atoms in total. The van der Waals surface area contributed by atoms with Gasteiger partial charge in [0, 0.05) is 6.54 Å². The Morgan fingerprint density at radius 1 is 1.33 bits per heavy atom. The SMILES string of the molecule is C=CN(C=C)CCCN. The zero-order valence-corrected chi connectivity index (χ0v) is 5.71. The van der Waals surface area contributed by atoms with Crippen molar-refractivity contribution in [2.24, 2.45) is 5.73 Å². The van der Waals surface area contributed by atoms with Gasteiger partial charge in [0.2, 0.25) is 0 Å². The summed E-state index contributed by atoms with van der Waals surface area (Å²) in [6.45, 7) is 8.84. The first-order valence-corrected chi connectivity index (χ1v) is 3.06. The van der Waals surface area contributed by atoms with Crippen LogP contribution in [0.25, 0.3) is 0 Å². The van der Waals surface area contributed by atoms with Gasteiger partial charge in [0.25, 0.3) is 0 Å². The van der Waals surface area contributed by atoms with Gasteiger partial charge in [-0.25, -0.2) is 0 Å². The first-order valence-electron chi connectivity index (χ1n) is 3.06. The van der Waals surface area contributed by atoms with Crippen molar-refractivity contribution in [3.8, 4) is 0 Å². The van der Waals surface area contributed by atoms with Crippen LogP contribution in [0.2, 0.25) is 0 Å². The highest BCUT2D eigenvalue weighted by molar-refractivity contribution is 4.79. The maximum atomic E-state index is 5.29. The van der Waals surface area contributed by atoms with E-state index in [0.29, 0.717) is 0 Å². The smallest absolute Gasteiger partial charge is 0.0231 e. The Balaban J connectivity index is 3.30. The van der Waals surface area contributed by atoms with Crippen molar-refractivity contribution in [3.63, 3.8) is 0 Å². The third-order valence-electron chi connectivity index (χ3n) is 1.09. The second-order valence-electron chi connectivity index (χ2n) is 1.75. The molecule has 0 radical (unpaired) electrons. The normalized spacial score (nSPS) is 8.56. The van der Waals surface area contributed by atoms with Crippen LogP contribution in [0.4, 0.5) is 0 Å². The Labute approximate surface area is 56.6 Å². The van der Waals surface area contributed by atoms with Gasteiger partial charge in [0.05, 0.1) is 0 Å². The van der Waals surface area contributed by atoms with Crippen LogP contribution in [0.3, 0.4) is 0 Å². The molecule has 0 aromatic rings. The summed E-state index contributed by atoms with van der Waals surface area (Å²) in [6, 6.07) is 0. The van der Waals surface area contributed by atoms with E-state index in [-0.39, 0.29) is 0 Å². The van der Waals surface area contributed by atoms with E-state index in [1.54, 1.807) is 12.4 Å². The fourth-order valence-corrected chi connectivity index (χ4v) is 0.531. The van der Waals surface area contributed by atoms with E-state index in [0.717, 1.165) is 19.5 Å². The number of hydrogen-bond acceptors (Lipinski definition) is 2. The van der Waals surface area contributed by atoms with Gasteiger partial charge in [-0.05, 0) is 25.4 Å². The van der Waals surface area contributed by atoms with E-state index in [1.807, 2.05) is 4.90 Å². The lowest BCUT2D eigenvalue weighted by atomic mass is 10.4. The van der Waals surface area contributed by atoms with Gasteiger partial charge in [-0.1, -0.05) is 13.2 Å². The van der Waals surface area contributed by atoms with Crippen molar-refractivity contribution in [1.29, 1.82) is 0 Å². The Kier molecular flexibility index (Phi) is 4.92. The lowest BCUT2D eigenvalue weighted by Gasteiger charge is -2.12. The molecule has 0 unspecified atom stereocenters. The lowest BCUT2D eigenvalue weighted by molar-refractivity contribution is 0.495. The molecule has 9 heavy (non-hydrogen) atoms. The molecule has 0 fully saturated rings.